The van der Waals surface area contributed by atoms with Crippen LogP contribution in [0.1, 0.15) is 55.0 Å². The fraction of sp³-hybridized carbons (Fsp3) is 0.250. The van der Waals surface area contributed by atoms with Crippen LogP contribution in [0, 0.1) is 0 Å². The summed E-state index contributed by atoms with van der Waals surface area (Å²) in [5.74, 6) is -0.437. The standard InChI is InChI=1S/C32H32N2O4/c1-4-38-25-15-13-23(14-16-25)30(35)28-29(22-11-9-21(10-12-22)20(2)3)34(32(37)31(28)36)18-17-24-19-33-27-8-6-5-7-26(24)27/h5-16,19-20,29,33,35H,4,17-18H2,1-3H3/b30-28-. The van der Waals surface area contributed by atoms with E-state index in [9.17, 15) is 14.7 Å². The maximum atomic E-state index is 13.4. The van der Waals surface area contributed by atoms with Crippen molar-refractivity contribution in [2.45, 2.75) is 39.2 Å². The Morgan fingerprint density at radius 1 is 1.00 bits per heavy atom. The third-order valence-corrected chi connectivity index (χ3v) is 7.19. The van der Waals surface area contributed by atoms with Crippen molar-refractivity contribution in [3.8, 4) is 5.75 Å². The zero-order chi connectivity index (χ0) is 26.8. The second-order valence-electron chi connectivity index (χ2n) is 9.88. The molecule has 3 aromatic carbocycles. The SMILES string of the molecule is CCOc1ccc(/C(O)=C2/C(=O)C(=O)N(CCc3c[nH]c4ccccc34)C2c2ccc(C(C)C)cc2)cc1. The van der Waals surface area contributed by atoms with Gasteiger partial charge in [0.15, 0.2) is 0 Å². The largest absolute Gasteiger partial charge is 0.507 e. The molecule has 0 radical (unpaired) electrons. The van der Waals surface area contributed by atoms with Crippen LogP contribution in [-0.4, -0.2) is 39.8 Å². The van der Waals surface area contributed by atoms with E-state index in [4.69, 9.17) is 4.74 Å². The lowest BCUT2D eigenvalue weighted by Crippen LogP contribution is -2.31. The van der Waals surface area contributed by atoms with Gasteiger partial charge in [-0.15, -0.1) is 0 Å². The lowest BCUT2D eigenvalue weighted by atomic mass is 9.93. The fourth-order valence-electron chi connectivity index (χ4n) is 5.13. The average Bonchev–Trinajstić information content (AvgIpc) is 3.46. The predicted molar refractivity (Wildman–Crippen MR) is 149 cm³/mol. The summed E-state index contributed by atoms with van der Waals surface area (Å²) in [7, 11) is 0. The van der Waals surface area contributed by atoms with E-state index in [-0.39, 0.29) is 11.3 Å². The molecule has 2 N–H and O–H groups in total. The Labute approximate surface area is 222 Å². The highest BCUT2D eigenvalue weighted by molar-refractivity contribution is 6.46. The van der Waals surface area contributed by atoms with Gasteiger partial charge in [-0.2, -0.15) is 0 Å². The van der Waals surface area contributed by atoms with Gasteiger partial charge >= 0.3 is 0 Å². The number of nitrogens with zero attached hydrogens (tertiary/aromatic N) is 1. The number of benzene rings is 3. The van der Waals surface area contributed by atoms with Gasteiger partial charge in [0.25, 0.3) is 11.7 Å². The monoisotopic (exact) mass is 508 g/mol. The van der Waals surface area contributed by atoms with Crippen LogP contribution in [0.5, 0.6) is 5.75 Å². The fourth-order valence-corrected chi connectivity index (χ4v) is 5.13. The number of likely N-dealkylation sites (tertiary alicyclic amines) is 1. The molecule has 38 heavy (non-hydrogen) atoms. The van der Waals surface area contributed by atoms with Crippen molar-refractivity contribution in [1.29, 1.82) is 0 Å². The first-order chi connectivity index (χ1) is 18.4. The Morgan fingerprint density at radius 2 is 1.71 bits per heavy atom. The van der Waals surface area contributed by atoms with Crippen molar-refractivity contribution in [1.82, 2.24) is 9.88 Å². The summed E-state index contributed by atoms with van der Waals surface area (Å²) >= 11 is 0. The topological polar surface area (TPSA) is 82.6 Å². The van der Waals surface area contributed by atoms with Gasteiger partial charge in [-0.1, -0.05) is 56.3 Å². The van der Waals surface area contributed by atoms with Crippen molar-refractivity contribution < 1.29 is 19.4 Å². The van der Waals surface area contributed by atoms with Crippen LogP contribution in [0.4, 0.5) is 0 Å². The summed E-state index contributed by atoms with van der Waals surface area (Å²) in [5.41, 5.74) is 4.63. The molecule has 4 aromatic rings. The number of aromatic nitrogens is 1. The first kappa shape index (κ1) is 25.3. The van der Waals surface area contributed by atoms with Crippen LogP contribution in [0.15, 0.2) is 84.6 Å². The molecule has 1 fully saturated rings. The van der Waals surface area contributed by atoms with Crippen molar-refractivity contribution >= 4 is 28.4 Å². The quantitative estimate of drug-likeness (QED) is 0.165. The van der Waals surface area contributed by atoms with Crippen LogP contribution in [0.3, 0.4) is 0 Å². The van der Waals surface area contributed by atoms with E-state index in [1.807, 2.05) is 61.7 Å². The molecule has 1 atom stereocenters. The molecule has 6 heteroatoms. The predicted octanol–water partition coefficient (Wildman–Crippen LogP) is 6.35. The smallest absolute Gasteiger partial charge is 0.295 e. The molecule has 5 rings (SSSR count). The summed E-state index contributed by atoms with van der Waals surface area (Å²) < 4.78 is 5.51. The van der Waals surface area contributed by atoms with Crippen LogP contribution >= 0.6 is 0 Å². The lowest BCUT2D eigenvalue weighted by Gasteiger charge is -2.25. The Morgan fingerprint density at radius 3 is 2.39 bits per heavy atom. The third kappa shape index (κ3) is 4.70. The number of aliphatic hydroxyl groups excluding tert-OH is 1. The number of ketones is 1. The number of rotatable bonds is 8. The highest BCUT2D eigenvalue weighted by atomic mass is 16.5. The van der Waals surface area contributed by atoms with E-state index >= 15 is 0 Å². The number of fused-ring (bicyclic) bond motifs is 1. The first-order valence-corrected chi connectivity index (χ1v) is 13.1. The second kappa shape index (κ2) is 10.6. The number of H-pyrrole nitrogens is 1. The molecule has 1 aliphatic rings. The van der Waals surface area contributed by atoms with Crippen molar-refractivity contribution in [2.75, 3.05) is 13.2 Å². The number of hydrogen-bond donors (Lipinski definition) is 2. The van der Waals surface area contributed by atoms with E-state index in [1.165, 1.54) is 0 Å². The zero-order valence-corrected chi connectivity index (χ0v) is 21.9. The van der Waals surface area contributed by atoms with E-state index < -0.39 is 17.7 Å². The van der Waals surface area contributed by atoms with Crippen molar-refractivity contribution in [3.63, 3.8) is 0 Å². The van der Waals surface area contributed by atoms with Crippen LogP contribution in [-0.2, 0) is 16.0 Å². The van der Waals surface area contributed by atoms with Gasteiger partial charge in [0, 0.05) is 29.2 Å². The summed E-state index contributed by atoms with van der Waals surface area (Å²) in [6.07, 6.45) is 2.52. The Bertz CT molecular complexity index is 1500. The van der Waals surface area contributed by atoms with Gasteiger partial charge in [-0.3, -0.25) is 9.59 Å². The average molecular weight is 509 g/mol. The number of amides is 1. The third-order valence-electron chi connectivity index (χ3n) is 7.19. The van der Waals surface area contributed by atoms with Crippen molar-refractivity contribution in [2.24, 2.45) is 0 Å². The van der Waals surface area contributed by atoms with Gasteiger partial charge in [-0.05, 0) is 66.3 Å². The van der Waals surface area contributed by atoms with E-state index in [0.29, 0.717) is 36.8 Å². The highest BCUT2D eigenvalue weighted by Crippen LogP contribution is 2.40. The molecule has 1 unspecified atom stereocenters. The van der Waals surface area contributed by atoms with Gasteiger partial charge in [0.2, 0.25) is 0 Å². The van der Waals surface area contributed by atoms with Crippen molar-refractivity contribution in [3.05, 3.63) is 107 Å². The summed E-state index contributed by atoms with van der Waals surface area (Å²) in [6.45, 7) is 7.00. The van der Waals surface area contributed by atoms with E-state index in [0.717, 1.165) is 27.6 Å². The van der Waals surface area contributed by atoms with E-state index in [1.54, 1.807) is 29.2 Å². The number of carbonyl (C=O) groups excluding carboxylic acids is 2. The molecule has 6 nitrogen and oxygen atoms in total. The summed E-state index contributed by atoms with van der Waals surface area (Å²) in [4.78, 5) is 31.6. The van der Waals surface area contributed by atoms with Gasteiger partial charge < -0.3 is 19.7 Å². The molecule has 1 aromatic heterocycles. The Hall–Kier alpha value is -4.32. The van der Waals surface area contributed by atoms with E-state index in [2.05, 4.69) is 18.8 Å². The first-order valence-electron chi connectivity index (χ1n) is 13.1. The molecule has 0 bridgehead atoms. The number of ether oxygens (including phenoxy) is 1. The zero-order valence-electron chi connectivity index (χ0n) is 21.9. The number of aromatic amines is 1. The molecule has 2 heterocycles. The highest BCUT2D eigenvalue weighted by Gasteiger charge is 2.45. The van der Waals surface area contributed by atoms with Crippen LogP contribution in [0.25, 0.3) is 16.7 Å². The van der Waals surface area contributed by atoms with Crippen LogP contribution < -0.4 is 4.74 Å². The lowest BCUT2D eigenvalue weighted by molar-refractivity contribution is -0.139. The second-order valence-corrected chi connectivity index (χ2v) is 9.88. The molecule has 0 aliphatic carbocycles. The minimum atomic E-state index is -0.687. The number of para-hydroxylation sites is 1. The molecule has 1 aliphatic heterocycles. The molecule has 0 spiro atoms. The minimum absolute atomic E-state index is 0.107. The summed E-state index contributed by atoms with van der Waals surface area (Å²) in [5, 5.41) is 12.4. The maximum absolute atomic E-state index is 13.4. The maximum Gasteiger partial charge on any atom is 0.295 e. The van der Waals surface area contributed by atoms with Gasteiger partial charge in [0.1, 0.15) is 11.5 Å². The molecular formula is C32H32N2O4. The number of aliphatic hydroxyl groups is 1. The van der Waals surface area contributed by atoms with Gasteiger partial charge in [-0.25, -0.2) is 0 Å². The normalized spacial score (nSPS) is 17.1. The van der Waals surface area contributed by atoms with Crippen LogP contribution in [0.2, 0.25) is 0 Å². The van der Waals surface area contributed by atoms with Gasteiger partial charge in [0.05, 0.1) is 18.2 Å². The number of carbonyl (C=O) groups is 2. The Balaban J connectivity index is 1.54. The minimum Gasteiger partial charge on any atom is -0.507 e. The number of Topliss-reactive ketones (excluding diaryl/α,β-unsaturated/α-hetero) is 1. The molecular weight excluding hydrogens is 476 g/mol. The molecule has 1 amide bonds. The number of nitrogens with one attached hydrogen (secondary N) is 1. The summed E-state index contributed by atoms with van der Waals surface area (Å²) in [6, 6.07) is 22.2. The Kier molecular flexibility index (Phi) is 7.05. The molecule has 1 saturated heterocycles. The molecule has 194 valence electrons. The number of hydrogen-bond acceptors (Lipinski definition) is 4. The molecule has 0 saturated carbocycles.